The zero-order valence-electron chi connectivity index (χ0n) is 9.97. The molecular formula is C12H16N2O2S. The summed E-state index contributed by atoms with van der Waals surface area (Å²) in [6, 6.07) is 8.31. The van der Waals surface area contributed by atoms with E-state index in [9.17, 15) is 8.42 Å². The molecule has 5 heteroatoms. The molecule has 0 bridgehead atoms. The summed E-state index contributed by atoms with van der Waals surface area (Å²) in [4.78, 5) is 0.236. The summed E-state index contributed by atoms with van der Waals surface area (Å²) in [5, 5.41) is 8.49. The molecule has 4 nitrogen and oxygen atoms in total. The number of rotatable bonds is 5. The molecule has 1 rings (SSSR count). The minimum Gasteiger partial charge on any atom is -0.207 e. The number of hydrogen-bond donors (Lipinski definition) is 1. The molecule has 1 atom stereocenters. The van der Waals surface area contributed by atoms with Crippen LogP contribution in [-0.4, -0.2) is 14.5 Å². The molecule has 0 aliphatic carbocycles. The lowest BCUT2D eigenvalue weighted by Crippen LogP contribution is -2.32. The maximum atomic E-state index is 11.9. The predicted octanol–water partition coefficient (Wildman–Crippen LogP) is 1.83. The van der Waals surface area contributed by atoms with Crippen LogP contribution in [0.4, 0.5) is 0 Å². The molecule has 0 aliphatic rings. The quantitative estimate of drug-likeness (QED) is 0.869. The van der Waals surface area contributed by atoms with Crippen molar-refractivity contribution >= 4 is 10.0 Å². The highest BCUT2D eigenvalue weighted by molar-refractivity contribution is 7.89. The molecule has 0 aliphatic heterocycles. The van der Waals surface area contributed by atoms with Crippen molar-refractivity contribution in [1.82, 2.24) is 4.72 Å². The molecule has 1 N–H and O–H groups in total. The summed E-state index contributed by atoms with van der Waals surface area (Å²) in [5.41, 5.74) is 1.09. The van der Waals surface area contributed by atoms with Crippen LogP contribution >= 0.6 is 0 Å². The molecule has 1 aromatic carbocycles. The van der Waals surface area contributed by atoms with Gasteiger partial charge in [-0.05, 0) is 31.0 Å². The smallest absolute Gasteiger partial charge is 0.207 e. The van der Waals surface area contributed by atoms with Crippen LogP contribution in [0.3, 0.4) is 0 Å². The molecular weight excluding hydrogens is 236 g/mol. The highest BCUT2D eigenvalue weighted by Gasteiger charge is 2.16. The number of nitrogens with zero attached hydrogens (tertiary/aromatic N) is 1. The Morgan fingerprint density at radius 1 is 1.35 bits per heavy atom. The number of benzene rings is 1. The highest BCUT2D eigenvalue weighted by Crippen LogP contribution is 2.11. The van der Waals surface area contributed by atoms with E-state index in [1.165, 1.54) is 0 Å². The lowest BCUT2D eigenvalue weighted by atomic mass is 10.2. The standard InChI is InChI=1S/C12H16N2O2S/c1-3-11-4-6-12(7-5-11)17(15,16)14-10(2)8-9-13/h4-7,10,14H,3,8H2,1-2H3/t10-/m1/s1. The van der Waals surface area contributed by atoms with Gasteiger partial charge in [-0.1, -0.05) is 19.1 Å². The van der Waals surface area contributed by atoms with Crippen molar-refractivity contribution < 1.29 is 8.42 Å². The van der Waals surface area contributed by atoms with E-state index in [1.807, 2.05) is 13.0 Å². The SMILES string of the molecule is CCc1ccc(S(=O)(=O)N[C@H](C)CC#N)cc1. The van der Waals surface area contributed by atoms with Gasteiger partial charge in [0.05, 0.1) is 17.4 Å². The molecule has 17 heavy (non-hydrogen) atoms. The first kappa shape index (κ1) is 13.7. The van der Waals surface area contributed by atoms with E-state index in [-0.39, 0.29) is 17.4 Å². The van der Waals surface area contributed by atoms with Crippen LogP contribution in [0.15, 0.2) is 29.2 Å². The molecule has 0 saturated heterocycles. The van der Waals surface area contributed by atoms with Gasteiger partial charge < -0.3 is 0 Å². The van der Waals surface area contributed by atoms with E-state index in [0.717, 1.165) is 12.0 Å². The molecule has 0 radical (unpaired) electrons. The molecule has 0 saturated carbocycles. The number of sulfonamides is 1. The van der Waals surface area contributed by atoms with E-state index in [2.05, 4.69) is 4.72 Å². The van der Waals surface area contributed by atoms with E-state index in [0.29, 0.717) is 0 Å². The van der Waals surface area contributed by atoms with Crippen LogP contribution in [0.25, 0.3) is 0 Å². The summed E-state index contributed by atoms with van der Waals surface area (Å²) in [6.45, 7) is 3.68. The molecule has 1 aromatic rings. The summed E-state index contributed by atoms with van der Waals surface area (Å²) < 4.78 is 26.3. The van der Waals surface area contributed by atoms with Crippen LogP contribution in [0.2, 0.25) is 0 Å². The first-order chi connectivity index (χ1) is 7.99. The second kappa shape index (κ2) is 5.80. The summed E-state index contributed by atoms with van der Waals surface area (Å²) in [6.07, 6.45) is 1.03. The van der Waals surface area contributed by atoms with Crippen molar-refractivity contribution in [2.45, 2.75) is 37.6 Å². The molecule has 92 valence electrons. The number of nitriles is 1. The zero-order valence-corrected chi connectivity index (χ0v) is 10.8. The first-order valence-electron chi connectivity index (χ1n) is 5.48. The zero-order chi connectivity index (χ0) is 12.9. The van der Waals surface area contributed by atoms with Gasteiger partial charge in [-0.2, -0.15) is 5.26 Å². The average Bonchev–Trinajstić information content (AvgIpc) is 2.28. The van der Waals surface area contributed by atoms with Gasteiger partial charge in [-0.3, -0.25) is 0 Å². The Hall–Kier alpha value is -1.38. The molecule has 0 spiro atoms. The van der Waals surface area contributed by atoms with Gasteiger partial charge in [0.15, 0.2) is 0 Å². The molecule has 0 unspecified atom stereocenters. The minimum atomic E-state index is -3.51. The Morgan fingerprint density at radius 3 is 2.41 bits per heavy atom. The van der Waals surface area contributed by atoms with Crippen molar-refractivity contribution in [2.24, 2.45) is 0 Å². The fraction of sp³-hybridized carbons (Fsp3) is 0.417. The van der Waals surface area contributed by atoms with Crippen molar-refractivity contribution in [3.63, 3.8) is 0 Å². The van der Waals surface area contributed by atoms with Gasteiger partial charge in [0.1, 0.15) is 0 Å². The highest BCUT2D eigenvalue weighted by atomic mass is 32.2. The van der Waals surface area contributed by atoms with E-state index in [4.69, 9.17) is 5.26 Å². The largest absolute Gasteiger partial charge is 0.240 e. The third-order valence-corrected chi connectivity index (χ3v) is 4.00. The second-order valence-corrected chi connectivity index (χ2v) is 5.60. The Bertz CT molecular complexity index is 500. The van der Waals surface area contributed by atoms with Gasteiger partial charge in [0, 0.05) is 6.04 Å². The number of hydrogen-bond acceptors (Lipinski definition) is 3. The third kappa shape index (κ3) is 3.84. The van der Waals surface area contributed by atoms with Crippen molar-refractivity contribution in [2.75, 3.05) is 0 Å². The number of aryl methyl sites for hydroxylation is 1. The van der Waals surface area contributed by atoms with Crippen LogP contribution < -0.4 is 4.72 Å². The monoisotopic (exact) mass is 252 g/mol. The van der Waals surface area contributed by atoms with Gasteiger partial charge in [-0.25, -0.2) is 13.1 Å². The summed E-state index contributed by atoms with van der Waals surface area (Å²) >= 11 is 0. The normalized spacial score (nSPS) is 13.0. The van der Waals surface area contributed by atoms with Crippen LogP contribution in [0.5, 0.6) is 0 Å². The Labute approximate surface area is 102 Å². The van der Waals surface area contributed by atoms with E-state index in [1.54, 1.807) is 31.2 Å². The van der Waals surface area contributed by atoms with Crippen molar-refractivity contribution in [3.8, 4) is 6.07 Å². The Balaban J connectivity index is 2.86. The maximum Gasteiger partial charge on any atom is 0.240 e. The first-order valence-corrected chi connectivity index (χ1v) is 6.96. The van der Waals surface area contributed by atoms with Crippen LogP contribution in [0, 0.1) is 11.3 Å². The van der Waals surface area contributed by atoms with E-state index >= 15 is 0 Å². The average molecular weight is 252 g/mol. The number of nitrogens with one attached hydrogen (secondary N) is 1. The predicted molar refractivity (Wildman–Crippen MR) is 65.8 cm³/mol. The van der Waals surface area contributed by atoms with E-state index < -0.39 is 10.0 Å². The van der Waals surface area contributed by atoms with Gasteiger partial charge in [0.2, 0.25) is 10.0 Å². The summed E-state index contributed by atoms with van der Waals surface area (Å²) in [5.74, 6) is 0. The fourth-order valence-corrected chi connectivity index (χ4v) is 2.66. The van der Waals surface area contributed by atoms with Crippen molar-refractivity contribution in [1.29, 1.82) is 5.26 Å². The second-order valence-electron chi connectivity index (χ2n) is 3.88. The Kier molecular flexibility index (Phi) is 4.67. The molecule has 0 amide bonds. The van der Waals surface area contributed by atoms with Gasteiger partial charge in [0.25, 0.3) is 0 Å². The minimum absolute atomic E-state index is 0.159. The lowest BCUT2D eigenvalue weighted by Gasteiger charge is -2.11. The lowest BCUT2D eigenvalue weighted by molar-refractivity contribution is 0.563. The topological polar surface area (TPSA) is 70.0 Å². The maximum absolute atomic E-state index is 11.9. The molecule has 0 aromatic heterocycles. The third-order valence-electron chi connectivity index (χ3n) is 2.40. The fourth-order valence-electron chi connectivity index (χ4n) is 1.42. The van der Waals surface area contributed by atoms with Crippen LogP contribution in [0.1, 0.15) is 25.8 Å². The molecule has 0 fully saturated rings. The van der Waals surface area contributed by atoms with Gasteiger partial charge in [-0.15, -0.1) is 0 Å². The Morgan fingerprint density at radius 2 is 1.94 bits per heavy atom. The van der Waals surface area contributed by atoms with Gasteiger partial charge >= 0.3 is 0 Å². The molecule has 0 heterocycles. The van der Waals surface area contributed by atoms with Crippen LogP contribution in [-0.2, 0) is 16.4 Å². The van der Waals surface area contributed by atoms with Crippen molar-refractivity contribution in [3.05, 3.63) is 29.8 Å². The summed E-state index contributed by atoms with van der Waals surface area (Å²) in [7, 11) is -3.51.